The van der Waals surface area contributed by atoms with E-state index in [2.05, 4.69) is 18.3 Å². The van der Waals surface area contributed by atoms with Crippen LogP contribution in [0.3, 0.4) is 0 Å². The van der Waals surface area contributed by atoms with Gasteiger partial charge in [0.2, 0.25) is 5.91 Å². The number of fused-ring (bicyclic) bond motifs is 1. The summed E-state index contributed by atoms with van der Waals surface area (Å²) in [6.07, 6.45) is 1.00. The van der Waals surface area contributed by atoms with Gasteiger partial charge in [-0.25, -0.2) is 0 Å². The first kappa shape index (κ1) is 16.0. The minimum absolute atomic E-state index is 0.0153. The summed E-state index contributed by atoms with van der Waals surface area (Å²) in [5.41, 5.74) is 1.87. The van der Waals surface area contributed by atoms with Crippen molar-refractivity contribution in [2.75, 3.05) is 27.7 Å². The number of nitrogens with one attached hydrogen (secondary N) is 1. The zero-order chi connectivity index (χ0) is 16.7. The van der Waals surface area contributed by atoms with Crippen molar-refractivity contribution in [3.05, 3.63) is 35.4 Å². The SMILES string of the molecule is CC1CC2C(N1)C(=O)N(C)CC2c1cccc(C(=O)N(C)C)c1. The summed E-state index contributed by atoms with van der Waals surface area (Å²) in [5, 5.41) is 3.42. The average Bonchev–Trinajstić information content (AvgIpc) is 2.92. The number of carbonyl (C=O) groups excluding carboxylic acids is 2. The van der Waals surface area contributed by atoms with E-state index in [1.165, 1.54) is 0 Å². The number of carbonyl (C=O) groups is 2. The lowest BCUT2D eigenvalue weighted by Gasteiger charge is -2.38. The number of likely N-dealkylation sites (tertiary alicyclic amines) is 1. The second kappa shape index (κ2) is 5.96. The van der Waals surface area contributed by atoms with Gasteiger partial charge in [0, 0.05) is 45.2 Å². The molecule has 0 aliphatic carbocycles. The molecule has 0 spiro atoms. The molecule has 2 aliphatic rings. The van der Waals surface area contributed by atoms with Crippen molar-refractivity contribution in [3.8, 4) is 0 Å². The average molecular weight is 315 g/mol. The summed E-state index contributed by atoms with van der Waals surface area (Å²) in [6, 6.07) is 8.15. The van der Waals surface area contributed by atoms with Gasteiger partial charge in [-0.15, -0.1) is 0 Å². The van der Waals surface area contributed by atoms with Crippen molar-refractivity contribution in [3.63, 3.8) is 0 Å². The Balaban J connectivity index is 1.93. The maximum absolute atomic E-state index is 12.4. The number of nitrogens with zero attached hydrogens (tertiary/aromatic N) is 2. The third-order valence-corrected chi connectivity index (χ3v) is 5.12. The lowest BCUT2D eigenvalue weighted by atomic mass is 9.77. The Morgan fingerprint density at radius 1 is 1.35 bits per heavy atom. The van der Waals surface area contributed by atoms with Crippen LogP contribution in [-0.4, -0.2) is 61.4 Å². The van der Waals surface area contributed by atoms with Crippen LogP contribution in [0.15, 0.2) is 24.3 Å². The van der Waals surface area contributed by atoms with Gasteiger partial charge in [0.15, 0.2) is 0 Å². The zero-order valence-corrected chi connectivity index (χ0v) is 14.2. The number of hydrogen-bond donors (Lipinski definition) is 1. The standard InChI is InChI=1S/C18H25N3O2/c1-11-8-14-15(10-21(4)18(23)16(14)19-11)12-6-5-7-13(9-12)17(22)20(2)3/h5-7,9,11,14-16,19H,8,10H2,1-4H3. The van der Waals surface area contributed by atoms with Crippen LogP contribution in [0.5, 0.6) is 0 Å². The Hall–Kier alpha value is -1.88. The quantitative estimate of drug-likeness (QED) is 0.895. The number of amides is 2. The van der Waals surface area contributed by atoms with Gasteiger partial charge in [0.05, 0.1) is 6.04 Å². The maximum atomic E-state index is 12.4. The van der Waals surface area contributed by atoms with Crippen molar-refractivity contribution in [2.24, 2.45) is 5.92 Å². The smallest absolute Gasteiger partial charge is 0.253 e. The topological polar surface area (TPSA) is 52.7 Å². The van der Waals surface area contributed by atoms with E-state index < -0.39 is 0 Å². The zero-order valence-electron chi connectivity index (χ0n) is 14.2. The van der Waals surface area contributed by atoms with Gasteiger partial charge in [0.1, 0.15) is 0 Å². The summed E-state index contributed by atoms with van der Waals surface area (Å²) in [7, 11) is 5.40. The molecule has 4 atom stereocenters. The van der Waals surface area contributed by atoms with Gasteiger partial charge in [-0.2, -0.15) is 0 Å². The fourth-order valence-electron chi connectivity index (χ4n) is 3.96. The highest BCUT2D eigenvalue weighted by Gasteiger charge is 2.46. The number of benzene rings is 1. The van der Waals surface area contributed by atoms with Gasteiger partial charge in [-0.05, 0) is 37.0 Å². The molecule has 23 heavy (non-hydrogen) atoms. The number of likely N-dealkylation sites (N-methyl/N-ethyl adjacent to an activating group) is 1. The molecule has 124 valence electrons. The molecule has 0 aromatic heterocycles. The summed E-state index contributed by atoms with van der Waals surface area (Å²) >= 11 is 0. The normalized spacial score (nSPS) is 30.3. The van der Waals surface area contributed by atoms with E-state index >= 15 is 0 Å². The number of rotatable bonds is 2. The molecule has 2 saturated heterocycles. The molecule has 0 saturated carbocycles. The van der Waals surface area contributed by atoms with Crippen LogP contribution in [0.25, 0.3) is 0 Å². The van der Waals surface area contributed by atoms with Gasteiger partial charge >= 0.3 is 0 Å². The molecule has 1 aromatic rings. The number of piperidine rings is 1. The van der Waals surface area contributed by atoms with Crippen LogP contribution >= 0.6 is 0 Å². The monoisotopic (exact) mass is 315 g/mol. The third kappa shape index (κ3) is 2.85. The van der Waals surface area contributed by atoms with Crippen molar-refractivity contribution < 1.29 is 9.59 Å². The molecule has 5 nitrogen and oxygen atoms in total. The van der Waals surface area contributed by atoms with Crippen LogP contribution in [0.2, 0.25) is 0 Å². The highest BCUT2D eigenvalue weighted by molar-refractivity contribution is 5.94. The Labute approximate surface area is 137 Å². The first-order chi connectivity index (χ1) is 10.9. The molecule has 0 radical (unpaired) electrons. The van der Waals surface area contributed by atoms with Gasteiger partial charge < -0.3 is 15.1 Å². The summed E-state index contributed by atoms with van der Waals surface area (Å²) in [4.78, 5) is 28.0. The van der Waals surface area contributed by atoms with E-state index in [9.17, 15) is 9.59 Å². The molecular formula is C18H25N3O2. The maximum Gasteiger partial charge on any atom is 0.253 e. The lowest BCUT2D eigenvalue weighted by Crippen LogP contribution is -2.53. The molecule has 5 heteroatoms. The molecule has 1 aromatic carbocycles. The van der Waals surface area contributed by atoms with Crippen molar-refractivity contribution in [1.29, 1.82) is 0 Å². The molecule has 3 rings (SSSR count). The highest BCUT2D eigenvalue weighted by atomic mass is 16.2. The predicted molar refractivity (Wildman–Crippen MR) is 89.3 cm³/mol. The Morgan fingerprint density at radius 2 is 2.09 bits per heavy atom. The Morgan fingerprint density at radius 3 is 2.78 bits per heavy atom. The van der Waals surface area contributed by atoms with Crippen molar-refractivity contribution >= 4 is 11.8 Å². The van der Waals surface area contributed by atoms with E-state index in [4.69, 9.17) is 0 Å². The fraction of sp³-hybridized carbons (Fsp3) is 0.556. The second-order valence-corrected chi connectivity index (χ2v) is 7.10. The van der Waals surface area contributed by atoms with E-state index in [-0.39, 0.29) is 23.8 Å². The Kier molecular flexibility index (Phi) is 4.15. The van der Waals surface area contributed by atoms with Gasteiger partial charge in [0.25, 0.3) is 5.91 Å². The van der Waals surface area contributed by atoms with Crippen LogP contribution in [-0.2, 0) is 4.79 Å². The summed E-state index contributed by atoms with van der Waals surface area (Å²) in [5.74, 6) is 0.783. The number of hydrogen-bond acceptors (Lipinski definition) is 3. The van der Waals surface area contributed by atoms with Crippen LogP contribution in [0.4, 0.5) is 0 Å². The molecule has 2 heterocycles. The highest BCUT2D eigenvalue weighted by Crippen LogP contribution is 2.39. The minimum atomic E-state index is -0.0954. The molecule has 1 N–H and O–H groups in total. The third-order valence-electron chi connectivity index (χ3n) is 5.12. The van der Waals surface area contributed by atoms with Crippen LogP contribution in [0, 0.1) is 5.92 Å². The molecular weight excluding hydrogens is 290 g/mol. The van der Waals surface area contributed by atoms with Gasteiger partial charge in [-0.3, -0.25) is 9.59 Å². The second-order valence-electron chi connectivity index (χ2n) is 7.10. The first-order valence-electron chi connectivity index (χ1n) is 8.21. The van der Waals surface area contributed by atoms with Gasteiger partial charge in [-0.1, -0.05) is 12.1 Å². The molecule has 2 aliphatic heterocycles. The Bertz CT molecular complexity index is 628. The van der Waals surface area contributed by atoms with Crippen LogP contribution < -0.4 is 5.32 Å². The molecule has 0 bridgehead atoms. The van der Waals surface area contributed by atoms with Crippen molar-refractivity contribution in [1.82, 2.24) is 15.1 Å². The van der Waals surface area contributed by atoms with Crippen LogP contribution in [0.1, 0.15) is 35.2 Å². The van der Waals surface area contributed by atoms with E-state index in [1.54, 1.807) is 19.0 Å². The minimum Gasteiger partial charge on any atom is -0.345 e. The van der Waals surface area contributed by atoms with Crippen molar-refractivity contribution in [2.45, 2.75) is 31.3 Å². The van der Waals surface area contributed by atoms with E-state index in [0.717, 1.165) is 12.0 Å². The predicted octanol–water partition coefficient (Wildman–Crippen LogP) is 1.31. The largest absolute Gasteiger partial charge is 0.345 e. The first-order valence-corrected chi connectivity index (χ1v) is 8.21. The molecule has 2 fully saturated rings. The van der Waals surface area contributed by atoms with E-state index in [0.29, 0.717) is 24.1 Å². The lowest BCUT2D eigenvalue weighted by molar-refractivity contribution is -0.136. The summed E-state index contributed by atoms with van der Waals surface area (Å²) < 4.78 is 0. The fourth-order valence-corrected chi connectivity index (χ4v) is 3.96. The molecule has 2 amide bonds. The molecule has 4 unspecified atom stereocenters. The van der Waals surface area contributed by atoms with E-state index in [1.807, 2.05) is 30.1 Å². The summed E-state index contributed by atoms with van der Waals surface area (Å²) in [6.45, 7) is 2.85.